The van der Waals surface area contributed by atoms with Crippen molar-refractivity contribution in [2.75, 3.05) is 24.2 Å². The van der Waals surface area contributed by atoms with Crippen molar-refractivity contribution in [2.45, 2.75) is 37.4 Å². The zero-order valence-corrected chi connectivity index (χ0v) is 13.8. The van der Waals surface area contributed by atoms with E-state index in [4.69, 9.17) is 4.74 Å². The monoisotopic (exact) mass is 320 g/mol. The van der Waals surface area contributed by atoms with Crippen LogP contribution in [0.3, 0.4) is 0 Å². The Morgan fingerprint density at radius 2 is 2.23 bits per heavy atom. The number of ether oxygens (including phenoxy) is 1. The fourth-order valence-corrected chi connectivity index (χ4v) is 3.80. The zero-order chi connectivity index (χ0) is 15.9. The lowest BCUT2D eigenvalue weighted by molar-refractivity contribution is -0.118. The molecule has 5 nitrogen and oxygen atoms in total. The fourth-order valence-electron chi connectivity index (χ4n) is 3.01. The Bertz CT molecular complexity index is 630. The summed E-state index contributed by atoms with van der Waals surface area (Å²) in [6.07, 6.45) is 0.0144. The third-order valence-electron chi connectivity index (χ3n) is 3.72. The molecule has 1 saturated heterocycles. The molecule has 1 atom stereocenters. The highest BCUT2D eigenvalue weighted by Gasteiger charge is 2.34. The van der Waals surface area contributed by atoms with Crippen LogP contribution in [0.2, 0.25) is 0 Å². The SMILES string of the molecule is CC1CN(C(=O)c2ccc3c(c2)NC(=O)CS3)CC(C)(C)O1. The van der Waals surface area contributed by atoms with Gasteiger partial charge in [0.25, 0.3) is 5.91 Å². The van der Waals surface area contributed by atoms with E-state index < -0.39 is 0 Å². The number of amides is 2. The third-order valence-corrected chi connectivity index (χ3v) is 4.79. The second-order valence-electron chi connectivity index (χ2n) is 6.42. The quantitative estimate of drug-likeness (QED) is 0.863. The number of nitrogens with one attached hydrogen (secondary N) is 1. The number of morpholine rings is 1. The molecule has 2 heterocycles. The molecule has 1 fully saturated rings. The van der Waals surface area contributed by atoms with Crippen molar-refractivity contribution in [3.05, 3.63) is 23.8 Å². The van der Waals surface area contributed by atoms with E-state index in [2.05, 4.69) is 5.32 Å². The Morgan fingerprint density at radius 1 is 1.45 bits per heavy atom. The molecular weight excluding hydrogens is 300 g/mol. The Balaban J connectivity index is 1.83. The van der Waals surface area contributed by atoms with Gasteiger partial charge in [-0.2, -0.15) is 0 Å². The van der Waals surface area contributed by atoms with Crippen LogP contribution in [0, 0.1) is 0 Å². The molecule has 0 aromatic heterocycles. The normalized spacial score (nSPS) is 23.7. The van der Waals surface area contributed by atoms with Crippen molar-refractivity contribution in [2.24, 2.45) is 0 Å². The number of rotatable bonds is 1. The molecule has 0 bridgehead atoms. The number of nitrogens with zero attached hydrogens (tertiary/aromatic N) is 1. The summed E-state index contributed by atoms with van der Waals surface area (Å²) in [5.74, 6) is 0.384. The highest BCUT2D eigenvalue weighted by atomic mass is 32.2. The molecule has 1 aromatic rings. The molecule has 0 aliphatic carbocycles. The highest BCUT2D eigenvalue weighted by Crippen LogP contribution is 2.32. The van der Waals surface area contributed by atoms with E-state index in [1.807, 2.05) is 37.8 Å². The first kappa shape index (κ1) is 15.4. The van der Waals surface area contributed by atoms with Crippen LogP contribution in [0.4, 0.5) is 5.69 Å². The Labute approximate surface area is 134 Å². The van der Waals surface area contributed by atoms with Crippen LogP contribution in [0.15, 0.2) is 23.1 Å². The standard InChI is InChI=1S/C16H20N2O3S/c1-10-7-18(9-16(2,3)21-10)15(20)11-4-5-13-12(6-11)17-14(19)8-22-13/h4-6,10H,7-9H2,1-3H3,(H,17,19). The summed E-state index contributed by atoms with van der Waals surface area (Å²) in [4.78, 5) is 27.1. The maximum absolute atomic E-state index is 12.8. The van der Waals surface area contributed by atoms with E-state index in [9.17, 15) is 9.59 Å². The van der Waals surface area contributed by atoms with Gasteiger partial charge in [0.05, 0.1) is 23.1 Å². The molecular formula is C16H20N2O3S. The van der Waals surface area contributed by atoms with E-state index in [0.29, 0.717) is 24.4 Å². The maximum atomic E-state index is 12.8. The van der Waals surface area contributed by atoms with Crippen LogP contribution in [-0.4, -0.2) is 47.3 Å². The van der Waals surface area contributed by atoms with Gasteiger partial charge in [0.1, 0.15) is 0 Å². The Hall–Kier alpha value is -1.53. The second kappa shape index (κ2) is 5.59. The van der Waals surface area contributed by atoms with Gasteiger partial charge in [0.2, 0.25) is 5.91 Å². The van der Waals surface area contributed by atoms with E-state index in [1.165, 1.54) is 11.8 Å². The zero-order valence-electron chi connectivity index (χ0n) is 13.0. The first-order chi connectivity index (χ1) is 10.3. The van der Waals surface area contributed by atoms with Crippen molar-refractivity contribution < 1.29 is 14.3 Å². The van der Waals surface area contributed by atoms with Crippen molar-refractivity contribution in [3.63, 3.8) is 0 Å². The van der Waals surface area contributed by atoms with Gasteiger partial charge in [0, 0.05) is 23.5 Å². The maximum Gasteiger partial charge on any atom is 0.254 e. The molecule has 1 unspecified atom stereocenters. The number of benzene rings is 1. The first-order valence-electron chi connectivity index (χ1n) is 7.38. The van der Waals surface area contributed by atoms with Gasteiger partial charge < -0.3 is 15.0 Å². The van der Waals surface area contributed by atoms with Gasteiger partial charge in [-0.15, -0.1) is 11.8 Å². The van der Waals surface area contributed by atoms with Crippen LogP contribution in [0.1, 0.15) is 31.1 Å². The summed E-state index contributed by atoms with van der Waals surface area (Å²) in [5, 5.41) is 2.83. The summed E-state index contributed by atoms with van der Waals surface area (Å²) in [7, 11) is 0. The topological polar surface area (TPSA) is 58.6 Å². The van der Waals surface area contributed by atoms with Crippen LogP contribution >= 0.6 is 11.8 Å². The van der Waals surface area contributed by atoms with Crippen molar-refractivity contribution in [1.82, 2.24) is 4.90 Å². The summed E-state index contributed by atoms with van der Waals surface area (Å²) >= 11 is 1.50. The largest absolute Gasteiger partial charge is 0.369 e. The highest BCUT2D eigenvalue weighted by molar-refractivity contribution is 8.00. The minimum Gasteiger partial charge on any atom is -0.369 e. The molecule has 0 spiro atoms. The lowest BCUT2D eigenvalue weighted by Crippen LogP contribution is -2.53. The van der Waals surface area contributed by atoms with E-state index in [-0.39, 0.29) is 23.5 Å². The van der Waals surface area contributed by atoms with Crippen LogP contribution in [0.5, 0.6) is 0 Å². The first-order valence-corrected chi connectivity index (χ1v) is 8.36. The molecule has 6 heteroatoms. The molecule has 2 aliphatic heterocycles. The van der Waals surface area contributed by atoms with Crippen molar-refractivity contribution >= 4 is 29.3 Å². The second-order valence-corrected chi connectivity index (χ2v) is 7.44. The molecule has 0 saturated carbocycles. The predicted molar refractivity (Wildman–Crippen MR) is 86.3 cm³/mol. The van der Waals surface area contributed by atoms with E-state index in [0.717, 1.165) is 10.6 Å². The molecule has 0 radical (unpaired) electrons. The smallest absolute Gasteiger partial charge is 0.254 e. The summed E-state index contributed by atoms with van der Waals surface area (Å²) in [5.41, 5.74) is 0.991. The lowest BCUT2D eigenvalue weighted by atomic mass is 10.0. The number of thioether (sulfide) groups is 1. The van der Waals surface area contributed by atoms with Crippen LogP contribution in [0.25, 0.3) is 0 Å². The van der Waals surface area contributed by atoms with Gasteiger partial charge in [-0.25, -0.2) is 0 Å². The van der Waals surface area contributed by atoms with Gasteiger partial charge >= 0.3 is 0 Å². The molecule has 1 aromatic carbocycles. The summed E-state index contributed by atoms with van der Waals surface area (Å²) in [6, 6.07) is 5.51. The minimum atomic E-state index is -0.342. The fraction of sp³-hybridized carbons (Fsp3) is 0.500. The van der Waals surface area contributed by atoms with E-state index >= 15 is 0 Å². The number of hydrogen-bond acceptors (Lipinski definition) is 4. The predicted octanol–water partition coefficient (Wildman–Crippen LogP) is 2.37. The van der Waals surface area contributed by atoms with Gasteiger partial charge in [-0.1, -0.05) is 0 Å². The van der Waals surface area contributed by atoms with Crippen molar-refractivity contribution in [3.8, 4) is 0 Å². The summed E-state index contributed by atoms with van der Waals surface area (Å²) < 4.78 is 5.84. The van der Waals surface area contributed by atoms with Crippen LogP contribution in [-0.2, 0) is 9.53 Å². The van der Waals surface area contributed by atoms with E-state index in [1.54, 1.807) is 6.07 Å². The minimum absolute atomic E-state index is 0.0144. The number of anilines is 1. The Kier molecular flexibility index (Phi) is 3.91. The molecule has 2 amide bonds. The van der Waals surface area contributed by atoms with Crippen molar-refractivity contribution in [1.29, 1.82) is 0 Å². The third kappa shape index (κ3) is 3.13. The molecule has 2 aliphatic rings. The number of fused-ring (bicyclic) bond motifs is 1. The lowest BCUT2D eigenvalue weighted by Gasteiger charge is -2.41. The average Bonchev–Trinajstić information content (AvgIpc) is 2.43. The summed E-state index contributed by atoms with van der Waals surface area (Å²) in [6.45, 7) is 7.11. The average molecular weight is 320 g/mol. The molecule has 118 valence electrons. The molecule has 1 N–H and O–H groups in total. The van der Waals surface area contributed by atoms with Gasteiger partial charge in [0.15, 0.2) is 0 Å². The van der Waals surface area contributed by atoms with Crippen LogP contribution < -0.4 is 5.32 Å². The van der Waals surface area contributed by atoms with Gasteiger partial charge in [-0.3, -0.25) is 9.59 Å². The molecule has 3 rings (SSSR count). The van der Waals surface area contributed by atoms with Gasteiger partial charge in [-0.05, 0) is 39.0 Å². The Morgan fingerprint density at radius 3 is 2.95 bits per heavy atom. The number of carbonyl (C=O) groups is 2. The number of hydrogen-bond donors (Lipinski definition) is 1. The number of carbonyl (C=O) groups excluding carboxylic acids is 2. The molecule has 22 heavy (non-hydrogen) atoms.